The predicted octanol–water partition coefficient (Wildman–Crippen LogP) is 4.36. The van der Waals surface area contributed by atoms with Gasteiger partial charge in [0.1, 0.15) is 0 Å². The first-order chi connectivity index (χ1) is 9.28. The van der Waals surface area contributed by atoms with E-state index in [0.717, 1.165) is 6.42 Å². The summed E-state index contributed by atoms with van der Waals surface area (Å²) in [5.74, 6) is 0. The first kappa shape index (κ1) is 13.7. The van der Waals surface area contributed by atoms with Crippen LogP contribution in [0.4, 0.5) is 0 Å². The van der Waals surface area contributed by atoms with Gasteiger partial charge in [-0.25, -0.2) is 0 Å². The molecule has 1 aliphatic heterocycles. The van der Waals surface area contributed by atoms with Gasteiger partial charge in [0.2, 0.25) is 0 Å². The van der Waals surface area contributed by atoms with E-state index in [2.05, 4.69) is 64.0 Å². The molecule has 2 aromatic rings. The minimum Gasteiger partial charge on any atom is -0.316 e. The minimum atomic E-state index is 0.521. The fourth-order valence-electron chi connectivity index (χ4n) is 2.52. The lowest BCUT2D eigenvalue weighted by atomic mass is 10.0. The van der Waals surface area contributed by atoms with E-state index in [4.69, 9.17) is 0 Å². The summed E-state index contributed by atoms with van der Waals surface area (Å²) in [6, 6.07) is 11.4. The van der Waals surface area contributed by atoms with Gasteiger partial charge in [0.25, 0.3) is 0 Å². The number of hydrogen-bond donors (Lipinski definition) is 1. The number of halogens is 1. The Morgan fingerprint density at radius 2 is 2.21 bits per heavy atom. The van der Waals surface area contributed by atoms with Gasteiger partial charge in [-0.2, -0.15) is 0 Å². The van der Waals surface area contributed by atoms with Crippen molar-refractivity contribution >= 4 is 39.0 Å². The summed E-state index contributed by atoms with van der Waals surface area (Å²) >= 11 is 7.50. The van der Waals surface area contributed by atoms with E-state index in [-0.39, 0.29) is 0 Å². The van der Waals surface area contributed by atoms with Crippen molar-refractivity contribution in [3.05, 3.63) is 50.6 Å². The highest BCUT2D eigenvalue weighted by Crippen LogP contribution is 2.39. The molecule has 0 saturated carbocycles. The Hall–Kier alpha value is -0.290. The Morgan fingerprint density at radius 1 is 1.37 bits per heavy atom. The molecule has 0 spiro atoms. The second kappa shape index (κ2) is 6.00. The van der Waals surface area contributed by atoms with Crippen LogP contribution in [0.1, 0.15) is 10.4 Å². The second-order valence-electron chi connectivity index (χ2n) is 4.76. The first-order valence-electron chi connectivity index (χ1n) is 6.41. The molecule has 3 rings (SSSR count). The van der Waals surface area contributed by atoms with Crippen molar-refractivity contribution in [3.63, 3.8) is 0 Å². The fraction of sp³-hybridized carbons (Fsp3) is 0.333. The van der Waals surface area contributed by atoms with Crippen LogP contribution in [0.5, 0.6) is 0 Å². The van der Waals surface area contributed by atoms with Crippen molar-refractivity contribution in [1.82, 2.24) is 5.32 Å². The van der Waals surface area contributed by atoms with E-state index in [1.165, 1.54) is 26.2 Å². The van der Waals surface area contributed by atoms with Crippen LogP contribution < -0.4 is 5.32 Å². The standard InChI is InChI=1S/C15H16BrNS2/c1-17-12(9-14-11(16)6-7-18-14)15-8-10-4-2-3-5-13(10)19-15/h2-7,12,15,17H,8-9H2,1H3. The summed E-state index contributed by atoms with van der Waals surface area (Å²) in [5.41, 5.74) is 1.50. The van der Waals surface area contributed by atoms with E-state index in [1.54, 1.807) is 0 Å². The molecule has 2 heterocycles. The molecule has 0 radical (unpaired) electrons. The maximum Gasteiger partial charge on any atom is 0.0314 e. The van der Waals surface area contributed by atoms with Gasteiger partial charge in [-0.15, -0.1) is 23.1 Å². The summed E-state index contributed by atoms with van der Waals surface area (Å²) in [6.07, 6.45) is 2.27. The molecule has 19 heavy (non-hydrogen) atoms. The third kappa shape index (κ3) is 2.92. The second-order valence-corrected chi connectivity index (χ2v) is 7.90. The van der Waals surface area contributed by atoms with Crippen LogP contribution in [0, 0.1) is 0 Å². The van der Waals surface area contributed by atoms with E-state index >= 15 is 0 Å². The molecule has 2 atom stereocenters. The van der Waals surface area contributed by atoms with Crippen molar-refractivity contribution in [3.8, 4) is 0 Å². The van der Waals surface area contributed by atoms with Crippen LogP contribution in [0.2, 0.25) is 0 Å². The number of likely N-dealkylation sites (N-methyl/N-ethyl adjacent to an activating group) is 1. The zero-order valence-electron chi connectivity index (χ0n) is 10.7. The molecule has 0 bridgehead atoms. The number of thiophene rings is 1. The Bertz CT molecular complexity index is 542. The van der Waals surface area contributed by atoms with Crippen molar-refractivity contribution in [2.45, 2.75) is 29.0 Å². The topological polar surface area (TPSA) is 12.0 Å². The zero-order valence-corrected chi connectivity index (χ0v) is 13.9. The zero-order chi connectivity index (χ0) is 13.2. The Labute approximate surface area is 130 Å². The third-order valence-corrected chi connectivity index (χ3v) is 6.99. The molecule has 1 nitrogen and oxygen atoms in total. The lowest BCUT2D eigenvalue weighted by Gasteiger charge is -2.22. The van der Waals surface area contributed by atoms with E-state index in [1.807, 2.05) is 23.1 Å². The van der Waals surface area contributed by atoms with E-state index < -0.39 is 0 Å². The van der Waals surface area contributed by atoms with Crippen LogP contribution in [0.15, 0.2) is 45.1 Å². The molecule has 2 unspecified atom stereocenters. The highest BCUT2D eigenvalue weighted by molar-refractivity contribution is 9.10. The molecule has 1 aromatic carbocycles. The van der Waals surface area contributed by atoms with Gasteiger partial charge >= 0.3 is 0 Å². The molecule has 0 amide bonds. The maximum atomic E-state index is 3.64. The predicted molar refractivity (Wildman–Crippen MR) is 88.4 cm³/mol. The Balaban J connectivity index is 1.73. The Kier molecular flexibility index (Phi) is 4.32. The molecule has 0 aliphatic carbocycles. The number of benzene rings is 1. The van der Waals surface area contributed by atoms with Crippen LogP contribution in [-0.4, -0.2) is 18.3 Å². The van der Waals surface area contributed by atoms with Crippen LogP contribution in [0.3, 0.4) is 0 Å². The van der Waals surface area contributed by atoms with E-state index in [0.29, 0.717) is 11.3 Å². The summed E-state index contributed by atoms with van der Waals surface area (Å²) in [4.78, 5) is 2.90. The molecular formula is C15H16BrNS2. The monoisotopic (exact) mass is 353 g/mol. The lowest BCUT2D eigenvalue weighted by Crippen LogP contribution is -2.37. The van der Waals surface area contributed by atoms with Crippen molar-refractivity contribution in [1.29, 1.82) is 0 Å². The number of nitrogens with one attached hydrogen (secondary N) is 1. The highest BCUT2D eigenvalue weighted by Gasteiger charge is 2.29. The number of fused-ring (bicyclic) bond motifs is 1. The maximum absolute atomic E-state index is 3.64. The number of thioether (sulfide) groups is 1. The SMILES string of the molecule is CNC(Cc1sccc1Br)C1Cc2ccccc2S1. The smallest absolute Gasteiger partial charge is 0.0314 e. The first-order valence-corrected chi connectivity index (χ1v) is 8.97. The number of hydrogen-bond acceptors (Lipinski definition) is 3. The normalized spacial score (nSPS) is 19.4. The average Bonchev–Trinajstić information content (AvgIpc) is 3.02. The van der Waals surface area contributed by atoms with Gasteiger partial charge in [-0.05, 0) is 58.9 Å². The van der Waals surface area contributed by atoms with Crippen molar-refractivity contribution in [2.75, 3.05) is 7.05 Å². The molecular weight excluding hydrogens is 338 g/mol. The number of rotatable bonds is 4. The third-order valence-electron chi connectivity index (χ3n) is 3.59. The van der Waals surface area contributed by atoms with E-state index in [9.17, 15) is 0 Å². The molecule has 1 N–H and O–H groups in total. The van der Waals surface area contributed by atoms with Gasteiger partial charge in [-0.3, -0.25) is 0 Å². The van der Waals surface area contributed by atoms with Gasteiger partial charge in [-0.1, -0.05) is 18.2 Å². The minimum absolute atomic E-state index is 0.521. The highest BCUT2D eigenvalue weighted by atomic mass is 79.9. The van der Waals surface area contributed by atoms with Crippen LogP contribution in [0.25, 0.3) is 0 Å². The van der Waals surface area contributed by atoms with Crippen LogP contribution >= 0.6 is 39.0 Å². The average molecular weight is 354 g/mol. The lowest BCUT2D eigenvalue weighted by molar-refractivity contribution is 0.540. The van der Waals surface area contributed by atoms with Gasteiger partial charge in [0.15, 0.2) is 0 Å². The molecule has 1 aliphatic rings. The van der Waals surface area contributed by atoms with Gasteiger partial charge < -0.3 is 5.32 Å². The fourth-order valence-corrected chi connectivity index (χ4v) is 5.54. The quantitative estimate of drug-likeness (QED) is 0.876. The summed E-state index contributed by atoms with van der Waals surface area (Å²) in [5, 5.41) is 6.30. The molecule has 1 aromatic heterocycles. The largest absolute Gasteiger partial charge is 0.316 e. The Morgan fingerprint density at radius 3 is 2.89 bits per heavy atom. The van der Waals surface area contributed by atoms with Crippen molar-refractivity contribution in [2.24, 2.45) is 0 Å². The van der Waals surface area contributed by atoms with Crippen LogP contribution in [-0.2, 0) is 12.8 Å². The summed E-state index contributed by atoms with van der Waals surface area (Å²) in [7, 11) is 2.08. The molecule has 0 saturated heterocycles. The molecule has 0 fully saturated rings. The summed E-state index contributed by atoms with van der Waals surface area (Å²) in [6.45, 7) is 0. The molecule has 4 heteroatoms. The van der Waals surface area contributed by atoms with Gasteiger partial charge in [0, 0.05) is 25.5 Å². The van der Waals surface area contributed by atoms with Gasteiger partial charge in [0.05, 0.1) is 0 Å². The summed E-state index contributed by atoms with van der Waals surface area (Å²) < 4.78 is 1.25. The molecule has 100 valence electrons. The van der Waals surface area contributed by atoms with Crippen molar-refractivity contribution < 1.29 is 0 Å².